The molecule has 32 heavy (non-hydrogen) atoms. The van der Waals surface area contributed by atoms with Crippen molar-refractivity contribution in [3.8, 4) is 17.2 Å². The van der Waals surface area contributed by atoms with Crippen LogP contribution in [0.5, 0.6) is 17.2 Å². The van der Waals surface area contributed by atoms with E-state index in [-0.39, 0.29) is 22.6 Å². The molecule has 4 aromatic rings. The number of para-hydroxylation sites is 2. The van der Waals surface area contributed by atoms with E-state index >= 15 is 0 Å². The first kappa shape index (κ1) is 21.1. The lowest BCUT2D eigenvalue weighted by molar-refractivity contribution is 0.105. The predicted molar refractivity (Wildman–Crippen MR) is 119 cm³/mol. The lowest BCUT2D eigenvalue weighted by Crippen LogP contribution is -2.06. The number of allylic oxidation sites excluding steroid dienone is 1. The third-order valence-electron chi connectivity index (χ3n) is 4.90. The van der Waals surface area contributed by atoms with Crippen LogP contribution in [0, 0.1) is 5.82 Å². The number of hydrogen-bond acceptors (Lipinski definition) is 6. The summed E-state index contributed by atoms with van der Waals surface area (Å²) in [5, 5.41) is 0. The number of ether oxygens (including phenoxy) is 3. The summed E-state index contributed by atoms with van der Waals surface area (Å²) in [7, 11) is 4.40. The van der Waals surface area contributed by atoms with Gasteiger partial charge in [0, 0.05) is 11.1 Å². The Morgan fingerprint density at radius 3 is 2.22 bits per heavy atom. The maximum Gasteiger partial charge on any atom is 0.231 e. The van der Waals surface area contributed by atoms with E-state index in [0.29, 0.717) is 28.3 Å². The molecule has 0 amide bonds. The van der Waals surface area contributed by atoms with Crippen molar-refractivity contribution in [2.75, 3.05) is 21.3 Å². The molecule has 0 atom stereocenters. The van der Waals surface area contributed by atoms with E-state index < -0.39 is 11.6 Å². The van der Waals surface area contributed by atoms with E-state index in [4.69, 9.17) is 18.6 Å². The Labute approximate surface area is 183 Å². The molecule has 0 fully saturated rings. The molecule has 0 aliphatic carbocycles. The van der Waals surface area contributed by atoms with Crippen LogP contribution >= 0.6 is 0 Å². The highest BCUT2D eigenvalue weighted by Gasteiger charge is 2.24. The lowest BCUT2D eigenvalue weighted by atomic mass is 9.99. The molecule has 1 aromatic heterocycles. The maximum atomic E-state index is 14.4. The Kier molecular flexibility index (Phi) is 5.89. The highest BCUT2D eigenvalue weighted by Crippen LogP contribution is 2.39. The Hall–Kier alpha value is -4.13. The summed E-state index contributed by atoms with van der Waals surface area (Å²) in [5.41, 5.74) is 1.65. The number of oxazole rings is 1. The smallest absolute Gasteiger partial charge is 0.231 e. The van der Waals surface area contributed by atoms with Gasteiger partial charge in [-0.25, -0.2) is 9.37 Å². The minimum absolute atomic E-state index is 0.0770. The fourth-order valence-electron chi connectivity index (χ4n) is 3.33. The van der Waals surface area contributed by atoms with Crippen molar-refractivity contribution in [3.63, 3.8) is 0 Å². The number of aromatic nitrogens is 1. The van der Waals surface area contributed by atoms with Crippen molar-refractivity contribution in [2.45, 2.75) is 0 Å². The first-order chi connectivity index (χ1) is 15.5. The number of rotatable bonds is 7. The number of hydrogen-bond donors (Lipinski definition) is 0. The van der Waals surface area contributed by atoms with Crippen LogP contribution in [-0.2, 0) is 0 Å². The van der Waals surface area contributed by atoms with Crippen molar-refractivity contribution in [2.24, 2.45) is 0 Å². The van der Waals surface area contributed by atoms with E-state index in [9.17, 15) is 9.18 Å². The lowest BCUT2D eigenvalue weighted by Gasteiger charge is -2.14. The van der Waals surface area contributed by atoms with E-state index in [1.807, 2.05) is 6.07 Å². The number of ketones is 1. The molecule has 7 heteroatoms. The van der Waals surface area contributed by atoms with Gasteiger partial charge in [0.25, 0.3) is 0 Å². The van der Waals surface area contributed by atoms with Gasteiger partial charge in [0.15, 0.2) is 22.9 Å². The van der Waals surface area contributed by atoms with Crippen molar-refractivity contribution >= 4 is 28.5 Å². The van der Waals surface area contributed by atoms with Crippen LogP contribution in [0.3, 0.4) is 0 Å². The first-order valence-electron chi connectivity index (χ1n) is 9.72. The summed E-state index contributed by atoms with van der Waals surface area (Å²) in [4.78, 5) is 18.1. The topological polar surface area (TPSA) is 70.8 Å². The quantitative estimate of drug-likeness (QED) is 0.286. The standard InChI is InChI=1S/C25H20FNO5/c1-29-21-13-16(14-22(30-2)24(21)31-3)23(28)17(12-15-8-4-5-9-18(15)26)25-27-19-10-6-7-11-20(19)32-25/h4-14H,1-3H3/b17-12+. The number of benzene rings is 3. The summed E-state index contributed by atoms with van der Waals surface area (Å²) in [6, 6.07) is 16.3. The van der Waals surface area contributed by atoms with Crippen molar-refractivity contribution in [3.05, 3.63) is 83.5 Å². The summed E-state index contributed by atoms with van der Waals surface area (Å²) in [6.45, 7) is 0. The van der Waals surface area contributed by atoms with Gasteiger partial charge in [-0.3, -0.25) is 4.79 Å². The number of halogens is 1. The summed E-state index contributed by atoms with van der Waals surface area (Å²) in [6.07, 6.45) is 1.42. The van der Waals surface area contributed by atoms with Gasteiger partial charge in [-0.05, 0) is 36.4 Å². The van der Waals surface area contributed by atoms with Gasteiger partial charge in [-0.2, -0.15) is 0 Å². The van der Waals surface area contributed by atoms with E-state index in [1.165, 1.54) is 45.6 Å². The molecule has 0 aliphatic heterocycles. The third kappa shape index (κ3) is 3.92. The Morgan fingerprint density at radius 2 is 1.59 bits per heavy atom. The molecular weight excluding hydrogens is 413 g/mol. The monoisotopic (exact) mass is 433 g/mol. The van der Waals surface area contributed by atoms with Crippen LogP contribution in [0.4, 0.5) is 4.39 Å². The molecule has 0 saturated heterocycles. The second-order valence-electron chi connectivity index (χ2n) is 6.81. The second kappa shape index (κ2) is 8.93. The molecule has 0 aliphatic rings. The van der Waals surface area contributed by atoms with Crippen LogP contribution in [0.25, 0.3) is 22.7 Å². The molecule has 0 unspecified atom stereocenters. The second-order valence-corrected chi connectivity index (χ2v) is 6.81. The fraction of sp³-hybridized carbons (Fsp3) is 0.120. The zero-order valence-electron chi connectivity index (χ0n) is 17.7. The van der Waals surface area contributed by atoms with Gasteiger partial charge in [0.1, 0.15) is 11.3 Å². The van der Waals surface area contributed by atoms with Crippen molar-refractivity contribution in [1.29, 1.82) is 0 Å². The van der Waals surface area contributed by atoms with Crippen LogP contribution in [-0.4, -0.2) is 32.1 Å². The molecule has 0 saturated carbocycles. The highest BCUT2D eigenvalue weighted by molar-refractivity contribution is 6.31. The van der Waals surface area contributed by atoms with Gasteiger partial charge < -0.3 is 18.6 Å². The number of carbonyl (C=O) groups is 1. The Balaban J connectivity index is 1.90. The van der Waals surface area contributed by atoms with Crippen molar-refractivity contribution in [1.82, 2.24) is 4.98 Å². The minimum Gasteiger partial charge on any atom is -0.493 e. The largest absolute Gasteiger partial charge is 0.493 e. The molecule has 0 radical (unpaired) electrons. The molecule has 4 rings (SSSR count). The number of Topliss-reactive ketones (excluding diaryl/α,β-unsaturated/α-hetero) is 1. The molecule has 162 valence electrons. The SMILES string of the molecule is COc1cc(C(=O)/C(=C\c2ccccc2F)c2nc3ccccc3o2)cc(OC)c1OC. The van der Waals surface area contributed by atoms with E-state index in [0.717, 1.165) is 0 Å². The highest BCUT2D eigenvalue weighted by atomic mass is 19.1. The molecular formula is C25H20FNO5. The van der Waals surface area contributed by atoms with Crippen LogP contribution < -0.4 is 14.2 Å². The maximum absolute atomic E-state index is 14.4. The van der Waals surface area contributed by atoms with Crippen LogP contribution in [0.2, 0.25) is 0 Å². The zero-order chi connectivity index (χ0) is 22.7. The van der Waals surface area contributed by atoms with Gasteiger partial charge in [0.05, 0.1) is 26.9 Å². The predicted octanol–water partition coefficient (Wildman–Crippen LogP) is 5.42. The average molecular weight is 433 g/mol. The normalized spacial score (nSPS) is 11.4. The van der Waals surface area contributed by atoms with E-state index in [2.05, 4.69) is 4.98 Å². The minimum atomic E-state index is -0.473. The number of nitrogens with zero attached hydrogens (tertiary/aromatic N) is 1. The Bertz CT molecular complexity index is 1270. The molecule has 0 N–H and O–H groups in total. The fourth-order valence-corrected chi connectivity index (χ4v) is 3.33. The van der Waals surface area contributed by atoms with Gasteiger partial charge in [0.2, 0.25) is 11.6 Å². The summed E-state index contributed by atoms with van der Waals surface area (Å²) >= 11 is 0. The summed E-state index contributed by atoms with van der Waals surface area (Å²) in [5.74, 6) is 0.148. The Morgan fingerprint density at radius 1 is 0.938 bits per heavy atom. The average Bonchev–Trinajstić information content (AvgIpc) is 3.26. The zero-order valence-corrected chi connectivity index (χ0v) is 17.7. The molecule has 6 nitrogen and oxygen atoms in total. The first-order valence-corrected chi connectivity index (χ1v) is 9.72. The molecule has 0 spiro atoms. The van der Waals surface area contributed by atoms with Crippen LogP contribution in [0.1, 0.15) is 21.8 Å². The van der Waals surface area contributed by atoms with Crippen molar-refractivity contribution < 1.29 is 27.8 Å². The number of fused-ring (bicyclic) bond motifs is 1. The molecule has 3 aromatic carbocycles. The third-order valence-corrected chi connectivity index (χ3v) is 4.90. The van der Waals surface area contributed by atoms with Gasteiger partial charge in [-0.1, -0.05) is 30.3 Å². The number of methoxy groups -OCH3 is 3. The van der Waals surface area contributed by atoms with Gasteiger partial charge >= 0.3 is 0 Å². The number of carbonyl (C=O) groups excluding carboxylic acids is 1. The summed E-state index contributed by atoms with van der Waals surface area (Å²) < 4.78 is 36.3. The molecule has 0 bridgehead atoms. The molecule has 1 heterocycles. The van der Waals surface area contributed by atoms with Gasteiger partial charge in [-0.15, -0.1) is 0 Å². The van der Waals surface area contributed by atoms with Crippen LogP contribution in [0.15, 0.2) is 65.1 Å². The van der Waals surface area contributed by atoms with E-state index in [1.54, 1.807) is 36.4 Å².